The predicted octanol–water partition coefficient (Wildman–Crippen LogP) is 2.02. The molecule has 2 aromatic rings. The van der Waals surface area contributed by atoms with Crippen LogP contribution in [0.4, 0.5) is 10.3 Å². The molecule has 5 nitrogen and oxygen atoms in total. The first kappa shape index (κ1) is 13.3. The van der Waals surface area contributed by atoms with Crippen LogP contribution in [0.25, 0.3) is 11.0 Å². The number of benzene rings is 1. The molecule has 6 heteroatoms. The van der Waals surface area contributed by atoms with E-state index in [9.17, 15) is 9.18 Å². The highest BCUT2D eigenvalue weighted by Crippen LogP contribution is 2.21. The van der Waals surface area contributed by atoms with Crippen molar-refractivity contribution in [2.24, 2.45) is 0 Å². The SMILES string of the molecule is CCOC(=O)CCn1c(N)nc2cc(F)c(C)cc21. The van der Waals surface area contributed by atoms with Gasteiger partial charge in [0.05, 0.1) is 24.1 Å². The Hall–Kier alpha value is -2.11. The molecular formula is C13H16FN3O2. The monoisotopic (exact) mass is 265 g/mol. The third-order valence-corrected chi connectivity index (χ3v) is 2.90. The lowest BCUT2D eigenvalue weighted by molar-refractivity contribution is -0.143. The lowest BCUT2D eigenvalue weighted by atomic mass is 10.2. The standard InChI is InChI=1S/C13H16FN3O2/c1-3-19-12(18)4-5-17-11-6-8(2)9(14)7-10(11)16-13(17)15/h6-7H,3-5H2,1-2H3,(H2,15,16). The van der Waals surface area contributed by atoms with E-state index in [0.717, 1.165) is 5.52 Å². The summed E-state index contributed by atoms with van der Waals surface area (Å²) < 4.78 is 20.0. The van der Waals surface area contributed by atoms with Gasteiger partial charge in [-0.1, -0.05) is 0 Å². The number of nitrogens with zero attached hydrogens (tertiary/aromatic N) is 2. The first-order chi connectivity index (χ1) is 9.02. The number of ether oxygens (including phenoxy) is 1. The normalized spacial score (nSPS) is 10.9. The van der Waals surface area contributed by atoms with E-state index in [1.807, 2.05) is 0 Å². The fraction of sp³-hybridized carbons (Fsp3) is 0.385. The summed E-state index contributed by atoms with van der Waals surface area (Å²) in [5.74, 6) is -0.338. The summed E-state index contributed by atoms with van der Waals surface area (Å²) in [6, 6.07) is 3.03. The maximum absolute atomic E-state index is 13.4. The molecule has 2 N–H and O–H groups in total. The van der Waals surface area contributed by atoms with Crippen molar-refractivity contribution in [2.75, 3.05) is 12.3 Å². The minimum absolute atomic E-state index is 0.208. The zero-order valence-electron chi connectivity index (χ0n) is 10.9. The average molecular weight is 265 g/mol. The number of carbonyl (C=O) groups is 1. The number of imidazole rings is 1. The number of halogens is 1. The second-order valence-corrected chi connectivity index (χ2v) is 4.27. The van der Waals surface area contributed by atoms with Gasteiger partial charge in [-0.15, -0.1) is 0 Å². The van der Waals surface area contributed by atoms with Gasteiger partial charge in [-0.25, -0.2) is 9.37 Å². The molecule has 0 saturated carbocycles. The van der Waals surface area contributed by atoms with Crippen LogP contribution in [0.1, 0.15) is 18.9 Å². The molecule has 1 heterocycles. The van der Waals surface area contributed by atoms with Gasteiger partial charge in [0.2, 0.25) is 5.95 Å². The smallest absolute Gasteiger partial charge is 0.307 e. The minimum Gasteiger partial charge on any atom is -0.466 e. The first-order valence-electron chi connectivity index (χ1n) is 6.10. The van der Waals surface area contributed by atoms with Gasteiger partial charge in [0.1, 0.15) is 5.82 Å². The van der Waals surface area contributed by atoms with Crippen LogP contribution in [-0.4, -0.2) is 22.1 Å². The van der Waals surface area contributed by atoms with Crippen LogP contribution in [0, 0.1) is 12.7 Å². The molecule has 19 heavy (non-hydrogen) atoms. The largest absolute Gasteiger partial charge is 0.466 e. The maximum Gasteiger partial charge on any atom is 0.307 e. The number of carbonyl (C=O) groups excluding carboxylic acids is 1. The molecule has 0 aliphatic carbocycles. The number of hydrogen-bond donors (Lipinski definition) is 1. The fourth-order valence-corrected chi connectivity index (χ4v) is 1.94. The van der Waals surface area contributed by atoms with Gasteiger partial charge in [0.25, 0.3) is 0 Å². The number of hydrogen-bond acceptors (Lipinski definition) is 4. The van der Waals surface area contributed by atoms with Crippen LogP contribution in [0.5, 0.6) is 0 Å². The molecule has 0 amide bonds. The van der Waals surface area contributed by atoms with Gasteiger partial charge in [-0.2, -0.15) is 0 Å². The zero-order chi connectivity index (χ0) is 14.0. The van der Waals surface area contributed by atoms with Crippen LogP contribution in [0.15, 0.2) is 12.1 Å². The highest BCUT2D eigenvalue weighted by atomic mass is 19.1. The molecule has 0 aliphatic heterocycles. The van der Waals surface area contributed by atoms with E-state index in [0.29, 0.717) is 24.2 Å². The number of aryl methyl sites for hydroxylation is 2. The Bertz CT molecular complexity index is 622. The maximum atomic E-state index is 13.4. The molecule has 0 radical (unpaired) electrons. The molecule has 0 bridgehead atoms. The lowest BCUT2D eigenvalue weighted by Crippen LogP contribution is -2.10. The summed E-state index contributed by atoms with van der Waals surface area (Å²) in [7, 11) is 0. The number of fused-ring (bicyclic) bond motifs is 1. The number of aromatic nitrogens is 2. The van der Waals surface area contributed by atoms with Crippen molar-refractivity contribution in [1.29, 1.82) is 0 Å². The zero-order valence-corrected chi connectivity index (χ0v) is 10.9. The molecule has 0 spiro atoms. The third-order valence-electron chi connectivity index (χ3n) is 2.90. The molecular weight excluding hydrogens is 249 g/mol. The van der Waals surface area contributed by atoms with Gasteiger partial charge in [-0.3, -0.25) is 4.79 Å². The lowest BCUT2D eigenvalue weighted by Gasteiger charge is -2.06. The molecule has 102 valence electrons. The number of nitrogens with two attached hydrogens (primary N) is 1. The number of anilines is 1. The van der Waals surface area contributed by atoms with E-state index in [1.54, 1.807) is 24.5 Å². The predicted molar refractivity (Wildman–Crippen MR) is 70.1 cm³/mol. The van der Waals surface area contributed by atoms with E-state index in [2.05, 4.69) is 4.98 Å². The molecule has 0 atom stereocenters. The van der Waals surface area contributed by atoms with Crippen molar-refractivity contribution < 1.29 is 13.9 Å². The highest BCUT2D eigenvalue weighted by Gasteiger charge is 2.12. The Kier molecular flexibility index (Phi) is 3.69. The van der Waals surface area contributed by atoms with Crippen LogP contribution in [-0.2, 0) is 16.1 Å². The molecule has 0 unspecified atom stereocenters. The minimum atomic E-state index is -0.317. The summed E-state index contributed by atoms with van der Waals surface area (Å²) >= 11 is 0. The van der Waals surface area contributed by atoms with Crippen LogP contribution in [0.3, 0.4) is 0 Å². The highest BCUT2D eigenvalue weighted by molar-refractivity contribution is 5.79. The van der Waals surface area contributed by atoms with E-state index >= 15 is 0 Å². The van der Waals surface area contributed by atoms with Crippen molar-refractivity contribution in [1.82, 2.24) is 9.55 Å². The van der Waals surface area contributed by atoms with Gasteiger partial charge in [0, 0.05) is 12.6 Å². The Morgan fingerprint density at radius 3 is 2.95 bits per heavy atom. The Balaban J connectivity index is 2.30. The number of esters is 1. The quantitative estimate of drug-likeness (QED) is 0.858. The number of rotatable bonds is 4. The summed E-state index contributed by atoms with van der Waals surface area (Å²) in [6.45, 7) is 4.15. The van der Waals surface area contributed by atoms with Gasteiger partial charge >= 0.3 is 5.97 Å². The topological polar surface area (TPSA) is 70.1 Å². The molecule has 0 fully saturated rings. The first-order valence-corrected chi connectivity index (χ1v) is 6.10. The van der Waals surface area contributed by atoms with Gasteiger partial charge < -0.3 is 15.0 Å². The molecule has 1 aromatic carbocycles. The van der Waals surface area contributed by atoms with Crippen molar-refractivity contribution in [3.05, 3.63) is 23.5 Å². The van der Waals surface area contributed by atoms with E-state index in [-0.39, 0.29) is 24.2 Å². The molecule has 0 aliphatic rings. The Morgan fingerprint density at radius 2 is 2.26 bits per heavy atom. The second kappa shape index (κ2) is 5.26. The van der Waals surface area contributed by atoms with Crippen LogP contribution in [0.2, 0.25) is 0 Å². The summed E-state index contributed by atoms with van der Waals surface area (Å²) in [5, 5.41) is 0. The summed E-state index contributed by atoms with van der Waals surface area (Å²) in [6.07, 6.45) is 0.208. The van der Waals surface area contributed by atoms with Gasteiger partial charge in [-0.05, 0) is 25.5 Å². The van der Waals surface area contributed by atoms with Crippen molar-refractivity contribution in [3.63, 3.8) is 0 Å². The molecule has 1 aromatic heterocycles. The second-order valence-electron chi connectivity index (χ2n) is 4.27. The molecule has 2 rings (SSSR count). The van der Waals surface area contributed by atoms with Crippen molar-refractivity contribution in [3.8, 4) is 0 Å². The third kappa shape index (κ3) is 2.67. The summed E-state index contributed by atoms with van der Waals surface area (Å²) in [5.41, 5.74) is 7.52. The molecule has 0 saturated heterocycles. The van der Waals surface area contributed by atoms with E-state index in [4.69, 9.17) is 10.5 Å². The van der Waals surface area contributed by atoms with Gasteiger partial charge in [0.15, 0.2) is 0 Å². The van der Waals surface area contributed by atoms with Crippen molar-refractivity contribution in [2.45, 2.75) is 26.8 Å². The number of nitrogen functional groups attached to an aromatic ring is 1. The Labute approximate surface area is 110 Å². The van der Waals surface area contributed by atoms with Crippen molar-refractivity contribution >= 4 is 23.0 Å². The average Bonchev–Trinajstić information content (AvgIpc) is 2.63. The summed E-state index contributed by atoms with van der Waals surface area (Å²) in [4.78, 5) is 15.4. The Morgan fingerprint density at radius 1 is 1.53 bits per heavy atom. The van der Waals surface area contributed by atoms with E-state index in [1.165, 1.54) is 6.07 Å². The van der Waals surface area contributed by atoms with E-state index < -0.39 is 0 Å². The fourth-order valence-electron chi connectivity index (χ4n) is 1.94. The van der Waals surface area contributed by atoms with Crippen LogP contribution >= 0.6 is 0 Å². The van der Waals surface area contributed by atoms with Crippen LogP contribution < -0.4 is 5.73 Å².